The summed E-state index contributed by atoms with van der Waals surface area (Å²) in [6.07, 6.45) is 10.3. The first-order valence-electron chi connectivity index (χ1n) is 5.71. The number of fused-ring (bicyclic) bond motifs is 1. The van der Waals surface area contributed by atoms with Gasteiger partial charge < -0.3 is 0 Å². The van der Waals surface area contributed by atoms with Gasteiger partial charge in [-0.25, -0.2) is 0 Å². The van der Waals surface area contributed by atoms with Gasteiger partial charge in [0.2, 0.25) is 0 Å². The van der Waals surface area contributed by atoms with Gasteiger partial charge in [0.05, 0.1) is 0 Å². The quantitative estimate of drug-likeness (QED) is 0.559. The van der Waals surface area contributed by atoms with E-state index in [2.05, 4.69) is 30.9 Å². The lowest BCUT2D eigenvalue weighted by atomic mass is 9.87. The molecular formula is C12H21N. The average molecular weight is 179 g/mol. The number of rotatable bonds is 1. The molecule has 0 amide bonds. The fraction of sp³-hybridized carbons (Fsp3) is 0.833. The van der Waals surface area contributed by atoms with Crippen molar-refractivity contribution < 1.29 is 0 Å². The Morgan fingerprint density at radius 2 is 2.15 bits per heavy atom. The number of hydrogen-bond acceptors (Lipinski definition) is 1. The van der Waals surface area contributed by atoms with E-state index in [1.807, 2.05) is 0 Å². The predicted octanol–water partition coefficient (Wildman–Crippen LogP) is 2.83. The summed E-state index contributed by atoms with van der Waals surface area (Å²) in [6, 6.07) is 1.62. The van der Waals surface area contributed by atoms with E-state index in [4.69, 9.17) is 0 Å². The molecule has 0 radical (unpaired) electrons. The minimum absolute atomic E-state index is 0.773. The molecule has 1 heteroatoms. The summed E-state index contributed by atoms with van der Waals surface area (Å²) in [7, 11) is 0. The first-order chi connectivity index (χ1) is 6.29. The first-order valence-corrected chi connectivity index (χ1v) is 5.71. The molecule has 0 bridgehead atoms. The van der Waals surface area contributed by atoms with Gasteiger partial charge in [-0.15, -0.1) is 0 Å². The molecule has 2 aliphatic rings. The van der Waals surface area contributed by atoms with Crippen LogP contribution in [0.3, 0.4) is 0 Å². The van der Waals surface area contributed by atoms with Crippen LogP contribution in [-0.2, 0) is 0 Å². The highest BCUT2D eigenvalue weighted by molar-refractivity contribution is 5.03. The molecule has 2 unspecified atom stereocenters. The summed E-state index contributed by atoms with van der Waals surface area (Å²) in [5.74, 6) is 0.828. The van der Waals surface area contributed by atoms with Gasteiger partial charge in [-0.2, -0.15) is 0 Å². The second kappa shape index (κ2) is 3.83. The molecule has 0 aromatic heterocycles. The summed E-state index contributed by atoms with van der Waals surface area (Å²) < 4.78 is 0. The van der Waals surface area contributed by atoms with Crippen LogP contribution >= 0.6 is 0 Å². The van der Waals surface area contributed by atoms with Crippen molar-refractivity contribution in [2.75, 3.05) is 6.54 Å². The van der Waals surface area contributed by atoms with E-state index in [-0.39, 0.29) is 0 Å². The molecule has 2 heterocycles. The van der Waals surface area contributed by atoms with E-state index < -0.39 is 0 Å². The third kappa shape index (κ3) is 1.80. The van der Waals surface area contributed by atoms with Crippen molar-refractivity contribution in [3.05, 3.63) is 12.2 Å². The van der Waals surface area contributed by atoms with Crippen LogP contribution in [0, 0.1) is 5.92 Å². The predicted molar refractivity (Wildman–Crippen MR) is 56.7 cm³/mol. The summed E-state index contributed by atoms with van der Waals surface area (Å²) in [4.78, 5) is 2.73. The van der Waals surface area contributed by atoms with Gasteiger partial charge >= 0.3 is 0 Å². The standard InChI is InChI=1S/C12H21N/c1-10(2)12-8-5-7-11-6-3-4-9-13(11)12/h3,6,10-12H,4-5,7-9H2,1-2H3. The summed E-state index contributed by atoms with van der Waals surface area (Å²) in [6.45, 7) is 6.03. The average Bonchev–Trinajstić information content (AvgIpc) is 2.17. The molecule has 1 fully saturated rings. The van der Waals surface area contributed by atoms with Crippen molar-refractivity contribution in [1.29, 1.82) is 0 Å². The van der Waals surface area contributed by atoms with E-state index >= 15 is 0 Å². The third-order valence-corrected chi connectivity index (χ3v) is 3.53. The van der Waals surface area contributed by atoms with Gasteiger partial charge in [-0.3, -0.25) is 4.90 Å². The van der Waals surface area contributed by atoms with Gasteiger partial charge in [0, 0.05) is 18.6 Å². The monoisotopic (exact) mass is 179 g/mol. The highest BCUT2D eigenvalue weighted by Gasteiger charge is 2.31. The summed E-state index contributed by atoms with van der Waals surface area (Å²) >= 11 is 0. The van der Waals surface area contributed by atoms with Crippen LogP contribution in [0.2, 0.25) is 0 Å². The maximum absolute atomic E-state index is 2.73. The number of piperidine rings is 1. The molecule has 0 N–H and O–H groups in total. The lowest BCUT2D eigenvalue weighted by Crippen LogP contribution is -2.49. The van der Waals surface area contributed by atoms with Crippen LogP contribution in [0.15, 0.2) is 12.2 Å². The van der Waals surface area contributed by atoms with Crippen LogP contribution in [0.1, 0.15) is 39.5 Å². The zero-order valence-electron chi connectivity index (χ0n) is 8.87. The smallest absolute Gasteiger partial charge is 0.0281 e. The summed E-state index contributed by atoms with van der Waals surface area (Å²) in [5, 5.41) is 0. The first kappa shape index (κ1) is 9.26. The molecule has 2 rings (SSSR count). The molecule has 1 nitrogen and oxygen atoms in total. The van der Waals surface area contributed by atoms with Crippen LogP contribution in [-0.4, -0.2) is 23.5 Å². The van der Waals surface area contributed by atoms with Crippen molar-refractivity contribution in [2.24, 2.45) is 5.92 Å². The molecule has 0 aliphatic carbocycles. The maximum atomic E-state index is 2.73. The van der Waals surface area contributed by atoms with Crippen molar-refractivity contribution in [2.45, 2.75) is 51.6 Å². The minimum atomic E-state index is 0.773. The molecule has 1 saturated heterocycles. The molecule has 2 atom stereocenters. The normalized spacial score (nSPS) is 35.0. The third-order valence-electron chi connectivity index (χ3n) is 3.53. The fourth-order valence-electron chi connectivity index (χ4n) is 2.85. The molecule has 0 saturated carbocycles. The second-order valence-electron chi connectivity index (χ2n) is 4.76. The van der Waals surface area contributed by atoms with Crippen LogP contribution in [0.4, 0.5) is 0 Å². The molecule has 0 aromatic rings. The molecular weight excluding hydrogens is 158 g/mol. The Hall–Kier alpha value is -0.300. The second-order valence-corrected chi connectivity index (χ2v) is 4.76. The van der Waals surface area contributed by atoms with Crippen molar-refractivity contribution in [1.82, 2.24) is 4.90 Å². The van der Waals surface area contributed by atoms with Crippen molar-refractivity contribution in [3.63, 3.8) is 0 Å². The SMILES string of the molecule is CC(C)C1CCCC2C=CCCN21. The Balaban J connectivity index is 2.09. The Morgan fingerprint density at radius 1 is 1.31 bits per heavy atom. The van der Waals surface area contributed by atoms with E-state index in [1.165, 1.54) is 32.2 Å². The Kier molecular flexibility index (Phi) is 2.73. The minimum Gasteiger partial charge on any atom is -0.293 e. The number of nitrogens with zero attached hydrogens (tertiary/aromatic N) is 1. The lowest BCUT2D eigenvalue weighted by Gasteiger charge is -2.44. The molecule has 2 aliphatic heterocycles. The molecule has 74 valence electrons. The largest absolute Gasteiger partial charge is 0.293 e. The van der Waals surface area contributed by atoms with Gasteiger partial charge in [-0.05, 0) is 25.2 Å². The molecule has 13 heavy (non-hydrogen) atoms. The van der Waals surface area contributed by atoms with E-state index in [0.29, 0.717) is 0 Å². The van der Waals surface area contributed by atoms with Gasteiger partial charge in [0.25, 0.3) is 0 Å². The number of hydrogen-bond donors (Lipinski definition) is 0. The Morgan fingerprint density at radius 3 is 2.92 bits per heavy atom. The van der Waals surface area contributed by atoms with Crippen molar-refractivity contribution >= 4 is 0 Å². The maximum Gasteiger partial charge on any atom is 0.0281 e. The molecule has 0 aromatic carbocycles. The molecule has 0 spiro atoms. The fourth-order valence-corrected chi connectivity index (χ4v) is 2.85. The van der Waals surface area contributed by atoms with Crippen LogP contribution < -0.4 is 0 Å². The zero-order chi connectivity index (χ0) is 9.26. The van der Waals surface area contributed by atoms with Gasteiger partial charge in [0.15, 0.2) is 0 Å². The van der Waals surface area contributed by atoms with Crippen molar-refractivity contribution in [3.8, 4) is 0 Å². The van der Waals surface area contributed by atoms with Crippen LogP contribution in [0.25, 0.3) is 0 Å². The topological polar surface area (TPSA) is 3.24 Å². The van der Waals surface area contributed by atoms with Crippen LogP contribution in [0.5, 0.6) is 0 Å². The zero-order valence-corrected chi connectivity index (χ0v) is 8.87. The highest BCUT2D eigenvalue weighted by Crippen LogP contribution is 2.30. The Bertz CT molecular complexity index is 195. The lowest BCUT2D eigenvalue weighted by molar-refractivity contribution is 0.0742. The van der Waals surface area contributed by atoms with E-state index in [1.54, 1.807) is 0 Å². The Labute approximate surface area is 81.8 Å². The van der Waals surface area contributed by atoms with Gasteiger partial charge in [-0.1, -0.05) is 32.4 Å². The van der Waals surface area contributed by atoms with E-state index in [9.17, 15) is 0 Å². The van der Waals surface area contributed by atoms with Gasteiger partial charge in [0.1, 0.15) is 0 Å². The summed E-state index contributed by atoms with van der Waals surface area (Å²) in [5.41, 5.74) is 0. The highest BCUT2D eigenvalue weighted by atomic mass is 15.2. The van der Waals surface area contributed by atoms with E-state index in [0.717, 1.165) is 18.0 Å².